The lowest BCUT2D eigenvalue weighted by atomic mass is 10.2. The second kappa shape index (κ2) is 7.68. The van der Waals surface area contributed by atoms with Gasteiger partial charge in [-0.3, -0.25) is 14.2 Å². The first-order chi connectivity index (χ1) is 12.1. The lowest BCUT2D eigenvalue weighted by molar-refractivity contribution is 0.102. The third-order valence-electron chi connectivity index (χ3n) is 3.62. The SMILES string of the molecule is C=CCn1c(SCC(=O)c2ccccc2)nc2cc(Cl)ccc2c1=O. The van der Waals surface area contributed by atoms with Crippen molar-refractivity contribution < 1.29 is 4.79 Å². The molecule has 0 unspecified atom stereocenters. The summed E-state index contributed by atoms with van der Waals surface area (Å²) in [5.41, 5.74) is 0.986. The van der Waals surface area contributed by atoms with Crippen molar-refractivity contribution in [1.82, 2.24) is 9.55 Å². The van der Waals surface area contributed by atoms with E-state index in [2.05, 4.69) is 11.6 Å². The molecule has 2 aromatic carbocycles. The number of thioether (sulfide) groups is 1. The van der Waals surface area contributed by atoms with Gasteiger partial charge in [-0.25, -0.2) is 4.98 Å². The smallest absolute Gasteiger partial charge is 0.262 e. The van der Waals surface area contributed by atoms with E-state index in [4.69, 9.17) is 11.6 Å². The largest absolute Gasteiger partial charge is 0.293 e. The Morgan fingerprint density at radius 3 is 2.72 bits per heavy atom. The van der Waals surface area contributed by atoms with Gasteiger partial charge in [-0.1, -0.05) is 59.8 Å². The molecule has 1 aromatic heterocycles. The Bertz CT molecular complexity index is 999. The summed E-state index contributed by atoms with van der Waals surface area (Å²) in [5.74, 6) is 0.177. The molecule has 6 heteroatoms. The minimum absolute atomic E-state index is 0.0174. The number of nitrogens with zero attached hydrogens (tertiary/aromatic N) is 2. The van der Waals surface area contributed by atoms with Crippen LogP contribution in [0.5, 0.6) is 0 Å². The molecule has 0 spiro atoms. The number of carbonyl (C=O) groups is 1. The number of carbonyl (C=O) groups excluding carboxylic acids is 1. The fourth-order valence-electron chi connectivity index (χ4n) is 2.41. The van der Waals surface area contributed by atoms with E-state index in [9.17, 15) is 9.59 Å². The van der Waals surface area contributed by atoms with Crippen LogP contribution >= 0.6 is 23.4 Å². The summed E-state index contributed by atoms with van der Waals surface area (Å²) < 4.78 is 1.52. The van der Waals surface area contributed by atoms with Gasteiger partial charge >= 0.3 is 0 Å². The predicted octanol–water partition coefficient (Wildman–Crippen LogP) is 4.21. The zero-order chi connectivity index (χ0) is 17.8. The van der Waals surface area contributed by atoms with Gasteiger partial charge in [-0.2, -0.15) is 0 Å². The Morgan fingerprint density at radius 2 is 2.00 bits per heavy atom. The molecule has 0 aliphatic rings. The highest BCUT2D eigenvalue weighted by Crippen LogP contribution is 2.21. The lowest BCUT2D eigenvalue weighted by Gasteiger charge is -2.11. The van der Waals surface area contributed by atoms with E-state index in [1.165, 1.54) is 16.3 Å². The molecule has 25 heavy (non-hydrogen) atoms. The zero-order valence-electron chi connectivity index (χ0n) is 13.3. The normalized spacial score (nSPS) is 10.8. The van der Waals surface area contributed by atoms with Crippen molar-refractivity contribution in [2.45, 2.75) is 11.7 Å². The van der Waals surface area contributed by atoms with Crippen molar-refractivity contribution in [2.75, 3.05) is 5.75 Å². The van der Waals surface area contributed by atoms with Gasteiger partial charge in [0.05, 0.1) is 16.7 Å². The third kappa shape index (κ3) is 3.83. The Hall–Kier alpha value is -2.37. The first-order valence-electron chi connectivity index (χ1n) is 7.62. The fourth-order valence-corrected chi connectivity index (χ4v) is 3.48. The quantitative estimate of drug-likeness (QED) is 0.282. The fraction of sp³-hybridized carbons (Fsp3) is 0.105. The van der Waals surface area contributed by atoms with Crippen LogP contribution in [0.15, 0.2) is 71.1 Å². The van der Waals surface area contributed by atoms with E-state index in [-0.39, 0.29) is 17.1 Å². The van der Waals surface area contributed by atoms with Gasteiger partial charge in [-0.05, 0) is 18.2 Å². The van der Waals surface area contributed by atoms with Crippen LogP contribution in [0.3, 0.4) is 0 Å². The van der Waals surface area contributed by atoms with Crippen molar-refractivity contribution in [2.24, 2.45) is 0 Å². The maximum Gasteiger partial charge on any atom is 0.262 e. The molecule has 0 bridgehead atoms. The summed E-state index contributed by atoms with van der Waals surface area (Å²) in [6, 6.07) is 14.0. The summed E-state index contributed by atoms with van der Waals surface area (Å²) >= 11 is 7.24. The van der Waals surface area contributed by atoms with Crippen LogP contribution in [-0.2, 0) is 6.54 Å². The maximum absolute atomic E-state index is 12.7. The number of allylic oxidation sites excluding steroid dienone is 1. The number of halogens is 1. The molecule has 0 aliphatic carbocycles. The molecule has 0 fully saturated rings. The van der Waals surface area contributed by atoms with Gasteiger partial charge in [0.1, 0.15) is 0 Å². The molecule has 0 atom stereocenters. The minimum atomic E-state index is -0.170. The van der Waals surface area contributed by atoms with Crippen LogP contribution in [0.4, 0.5) is 0 Å². The van der Waals surface area contributed by atoms with Gasteiger partial charge in [0.25, 0.3) is 5.56 Å². The van der Waals surface area contributed by atoms with Crippen molar-refractivity contribution in [3.8, 4) is 0 Å². The van der Waals surface area contributed by atoms with Crippen LogP contribution in [0.1, 0.15) is 10.4 Å². The summed E-state index contributed by atoms with van der Waals surface area (Å²) in [4.78, 5) is 29.5. The van der Waals surface area contributed by atoms with E-state index < -0.39 is 0 Å². The van der Waals surface area contributed by atoms with Crippen molar-refractivity contribution in [3.05, 3.63) is 82.1 Å². The van der Waals surface area contributed by atoms with Gasteiger partial charge in [0.15, 0.2) is 10.9 Å². The number of aromatic nitrogens is 2. The predicted molar refractivity (Wildman–Crippen MR) is 103 cm³/mol. The molecule has 4 nitrogen and oxygen atoms in total. The Kier molecular flexibility index (Phi) is 5.36. The minimum Gasteiger partial charge on any atom is -0.293 e. The number of hydrogen-bond donors (Lipinski definition) is 0. The molecule has 0 amide bonds. The summed E-state index contributed by atoms with van der Waals surface area (Å²) in [6.07, 6.45) is 1.63. The molecule has 0 saturated heterocycles. The average Bonchev–Trinajstić information content (AvgIpc) is 2.63. The molecule has 1 heterocycles. The number of fused-ring (bicyclic) bond motifs is 1. The van der Waals surface area contributed by atoms with Crippen LogP contribution in [0.2, 0.25) is 5.02 Å². The second-order valence-electron chi connectivity index (χ2n) is 5.34. The average molecular weight is 371 g/mol. The van der Waals surface area contributed by atoms with Gasteiger partial charge < -0.3 is 0 Å². The Labute approximate surface area is 154 Å². The van der Waals surface area contributed by atoms with Crippen LogP contribution in [0.25, 0.3) is 10.9 Å². The third-order valence-corrected chi connectivity index (χ3v) is 4.83. The van der Waals surface area contributed by atoms with Crippen molar-refractivity contribution >= 4 is 40.0 Å². The first kappa shape index (κ1) is 17.5. The van der Waals surface area contributed by atoms with Crippen LogP contribution < -0.4 is 5.56 Å². The highest BCUT2D eigenvalue weighted by atomic mass is 35.5. The van der Waals surface area contributed by atoms with E-state index in [0.29, 0.717) is 33.2 Å². The lowest BCUT2D eigenvalue weighted by Crippen LogP contribution is -2.23. The Balaban J connectivity index is 1.96. The highest BCUT2D eigenvalue weighted by Gasteiger charge is 2.13. The van der Waals surface area contributed by atoms with Crippen molar-refractivity contribution in [3.63, 3.8) is 0 Å². The standard InChI is InChI=1S/C19H15ClN2O2S/c1-2-10-22-18(24)15-9-8-14(20)11-16(15)21-19(22)25-12-17(23)13-6-4-3-5-7-13/h2-9,11H,1,10,12H2. The zero-order valence-corrected chi connectivity index (χ0v) is 14.9. The number of hydrogen-bond acceptors (Lipinski definition) is 4. The van der Waals surface area contributed by atoms with E-state index in [1.807, 2.05) is 18.2 Å². The topological polar surface area (TPSA) is 52.0 Å². The molecular formula is C19H15ClN2O2S. The highest BCUT2D eigenvalue weighted by molar-refractivity contribution is 7.99. The molecular weight excluding hydrogens is 356 g/mol. The number of rotatable bonds is 6. The molecule has 0 aliphatic heterocycles. The molecule has 126 valence electrons. The second-order valence-corrected chi connectivity index (χ2v) is 6.72. The number of Topliss-reactive ketones (excluding diaryl/α,β-unsaturated/α-hetero) is 1. The van der Waals surface area contributed by atoms with Crippen molar-refractivity contribution in [1.29, 1.82) is 0 Å². The summed E-state index contributed by atoms with van der Waals surface area (Å²) in [5, 5.41) is 1.48. The first-order valence-corrected chi connectivity index (χ1v) is 8.98. The molecule has 3 aromatic rings. The van der Waals surface area contributed by atoms with Gasteiger partial charge in [0, 0.05) is 17.1 Å². The maximum atomic E-state index is 12.7. The monoisotopic (exact) mass is 370 g/mol. The number of benzene rings is 2. The molecule has 0 N–H and O–H groups in total. The molecule has 0 radical (unpaired) electrons. The van der Waals surface area contributed by atoms with Gasteiger partial charge in [0.2, 0.25) is 0 Å². The van der Waals surface area contributed by atoms with E-state index in [0.717, 1.165) is 0 Å². The van der Waals surface area contributed by atoms with Crippen LogP contribution in [-0.4, -0.2) is 21.1 Å². The van der Waals surface area contributed by atoms with Crippen LogP contribution in [0, 0.1) is 0 Å². The summed E-state index contributed by atoms with van der Waals surface area (Å²) in [7, 11) is 0. The van der Waals surface area contributed by atoms with Gasteiger partial charge in [-0.15, -0.1) is 6.58 Å². The van der Waals surface area contributed by atoms with E-state index in [1.54, 1.807) is 36.4 Å². The van der Waals surface area contributed by atoms with E-state index >= 15 is 0 Å². The number of ketones is 1. The Morgan fingerprint density at radius 1 is 1.24 bits per heavy atom. The molecule has 0 saturated carbocycles. The molecule has 3 rings (SSSR count). The summed E-state index contributed by atoms with van der Waals surface area (Å²) in [6.45, 7) is 4.02.